The van der Waals surface area contributed by atoms with Crippen LogP contribution in [0.3, 0.4) is 0 Å². The molecular weight excluding hydrogens is 264 g/mol. The summed E-state index contributed by atoms with van der Waals surface area (Å²) >= 11 is 0. The van der Waals surface area contributed by atoms with Gasteiger partial charge < -0.3 is 4.42 Å². The normalized spacial score (nSPS) is 11.4. The number of hydrogen-bond acceptors (Lipinski definition) is 5. The van der Waals surface area contributed by atoms with Crippen LogP contribution in [-0.2, 0) is 0 Å². The van der Waals surface area contributed by atoms with Gasteiger partial charge in [0.05, 0.1) is 12.4 Å². The molecule has 0 saturated carbocycles. The standard InChI is InChI=1S/C16H12N4O/c1-3-9-17-15(5-1)19-11-13-7-8-14(21-13)12-20-16-6-2-4-10-18-16/h1-12H/b19-11-,20-12?. The summed E-state index contributed by atoms with van der Waals surface area (Å²) in [4.78, 5) is 16.6. The van der Waals surface area contributed by atoms with E-state index in [1.54, 1.807) is 24.8 Å². The van der Waals surface area contributed by atoms with Gasteiger partial charge >= 0.3 is 0 Å². The van der Waals surface area contributed by atoms with Crippen LogP contribution < -0.4 is 0 Å². The lowest BCUT2D eigenvalue weighted by Crippen LogP contribution is -1.78. The molecule has 5 heteroatoms. The fraction of sp³-hybridized carbons (Fsp3) is 0. The van der Waals surface area contributed by atoms with Crippen molar-refractivity contribution in [3.63, 3.8) is 0 Å². The maximum atomic E-state index is 5.57. The van der Waals surface area contributed by atoms with E-state index in [2.05, 4.69) is 20.0 Å². The van der Waals surface area contributed by atoms with Crippen molar-refractivity contribution in [1.29, 1.82) is 0 Å². The van der Waals surface area contributed by atoms with Crippen LogP contribution in [0.2, 0.25) is 0 Å². The van der Waals surface area contributed by atoms with Crippen LogP contribution in [0.25, 0.3) is 0 Å². The summed E-state index contributed by atoms with van der Waals surface area (Å²) in [6, 6.07) is 14.7. The zero-order chi connectivity index (χ0) is 14.3. The molecule has 0 spiro atoms. The van der Waals surface area contributed by atoms with Gasteiger partial charge in [0.15, 0.2) is 11.6 Å². The second-order valence-corrected chi connectivity index (χ2v) is 4.13. The van der Waals surface area contributed by atoms with Gasteiger partial charge in [-0.3, -0.25) is 0 Å². The SMILES string of the molecule is C(=Nc1ccccn1)c1ccc(/C=N\c2ccccn2)o1. The summed E-state index contributed by atoms with van der Waals surface area (Å²) in [5, 5.41) is 0. The van der Waals surface area contributed by atoms with Crippen molar-refractivity contribution in [2.45, 2.75) is 0 Å². The summed E-state index contributed by atoms with van der Waals surface area (Å²) in [6.45, 7) is 0. The number of pyridine rings is 2. The van der Waals surface area contributed by atoms with E-state index < -0.39 is 0 Å². The molecule has 3 rings (SSSR count). The van der Waals surface area contributed by atoms with Crippen molar-refractivity contribution in [1.82, 2.24) is 9.97 Å². The molecule has 0 fully saturated rings. The minimum atomic E-state index is 0.637. The van der Waals surface area contributed by atoms with Crippen molar-refractivity contribution in [3.8, 4) is 0 Å². The van der Waals surface area contributed by atoms with Crippen molar-refractivity contribution in [2.75, 3.05) is 0 Å². The summed E-state index contributed by atoms with van der Waals surface area (Å²) in [5.41, 5.74) is 0. The number of rotatable bonds is 4. The summed E-state index contributed by atoms with van der Waals surface area (Å²) in [5.74, 6) is 2.56. The van der Waals surface area contributed by atoms with E-state index in [9.17, 15) is 0 Å². The molecule has 0 unspecified atom stereocenters. The lowest BCUT2D eigenvalue weighted by Gasteiger charge is -1.90. The highest BCUT2D eigenvalue weighted by Gasteiger charge is 1.97. The molecule has 0 N–H and O–H groups in total. The third-order valence-corrected chi connectivity index (χ3v) is 2.59. The van der Waals surface area contributed by atoms with Gasteiger partial charge in [-0.25, -0.2) is 20.0 Å². The number of aliphatic imine (C=N–C) groups is 2. The Kier molecular flexibility index (Phi) is 3.93. The van der Waals surface area contributed by atoms with Crippen LogP contribution in [0, 0.1) is 0 Å². The molecule has 0 aliphatic rings. The van der Waals surface area contributed by atoms with Crippen molar-refractivity contribution >= 4 is 24.1 Å². The van der Waals surface area contributed by atoms with Crippen LogP contribution >= 0.6 is 0 Å². The minimum absolute atomic E-state index is 0.637. The highest BCUT2D eigenvalue weighted by atomic mass is 16.3. The molecule has 0 bridgehead atoms. The summed E-state index contributed by atoms with van der Waals surface area (Å²) in [6.07, 6.45) is 6.64. The zero-order valence-electron chi connectivity index (χ0n) is 11.1. The van der Waals surface area contributed by atoms with E-state index in [-0.39, 0.29) is 0 Å². The Morgan fingerprint density at radius 3 is 1.67 bits per heavy atom. The molecule has 3 heterocycles. The fourth-order valence-corrected chi connectivity index (χ4v) is 1.63. The first-order chi connectivity index (χ1) is 10.4. The maximum Gasteiger partial charge on any atom is 0.151 e. The van der Waals surface area contributed by atoms with E-state index in [1.165, 1.54) is 0 Å². The monoisotopic (exact) mass is 276 g/mol. The Hall–Kier alpha value is -3.08. The lowest BCUT2D eigenvalue weighted by atomic mass is 10.4. The van der Waals surface area contributed by atoms with Crippen LogP contribution in [0.4, 0.5) is 11.6 Å². The molecule has 0 aromatic carbocycles. The number of hydrogen-bond donors (Lipinski definition) is 0. The number of nitrogens with zero attached hydrogens (tertiary/aromatic N) is 4. The summed E-state index contributed by atoms with van der Waals surface area (Å²) in [7, 11) is 0. The summed E-state index contributed by atoms with van der Waals surface area (Å²) < 4.78 is 5.57. The highest BCUT2D eigenvalue weighted by molar-refractivity contribution is 5.82. The third-order valence-electron chi connectivity index (χ3n) is 2.59. The molecule has 5 nitrogen and oxygen atoms in total. The first-order valence-electron chi connectivity index (χ1n) is 6.40. The van der Waals surface area contributed by atoms with Gasteiger partial charge in [-0.1, -0.05) is 12.1 Å². The van der Waals surface area contributed by atoms with Gasteiger partial charge in [-0.2, -0.15) is 0 Å². The van der Waals surface area contributed by atoms with Gasteiger partial charge in [-0.15, -0.1) is 0 Å². The Balaban J connectivity index is 1.69. The van der Waals surface area contributed by atoms with Crippen molar-refractivity contribution in [2.24, 2.45) is 9.98 Å². The largest absolute Gasteiger partial charge is 0.454 e. The Labute approximate surface area is 121 Å². The topological polar surface area (TPSA) is 63.6 Å². The Bertz CT molecular complexity index is 684. The average Bonchev–Trinajstić information content (AvgIpc) is 3.01. The minimum Gasteiger partial charge on any atom is -0.454 e. The fourth-order valence-electron chi connectivity index (χ4n) is 1.63. The molecule has 3 aromatic heterocycles. The third kappa shape index (κ3) is 3.70. The van der Waals surface area contributed by atoms with Gasteiger partial charge in [0.1, 0.15) is 11.5 Å². The highest BCUT2D eigenvalue weighted by Crippen LogP contribution is 2.10. The second kappa shape index (κ2) is 6.38. The predicted molar refractivity (Wildman–Crippen MR) is 81.7 cm³/mol. The average molecular weight is 276 g/mol. The van der Waals surface area contributed by atoms with Crippen molar-refractivity contribution in [3.05, 3.63) is 72.4 Å². The smallest absolute Gasteiger partial charge is 0.151 e. The first-order valence-corrected chi connectivity index (χ1v) is 6.40. The van der Waals surface area contributed by atoms with E-state index in [1.807, 2.05) is 48.5 Å². The van der Waals surface area contributed by atoms with Crippen LogP contribution in [0.5, 0.6) is 0 Å². The lowest BCUT2D eigenvalue weighted by molar-refractivity contribution is 0.553. The molecule has 21 heavy (non-hydrogen) atoms. The molecular formula is C16H12N4O. The Morgan fingerprint density at radius 2 is 1.24 bits per heavy atom. The molecule has 0 radical (unpaired) electrons. The second-order valence-electron chi connectivity index (χ2n) is 4.13. The molecule has 0 atom stereocenters. The Morgan fingerprint density at radius 1 is 0.714 bits per heavy atom. The molecule has 0 amide bonds. The molecule has 3 aromatic rings. The van der Waals surface area contributed by atoms with Gasteiger partial charge in [0.2, 0.25) is 0 Å². The van der Waals surface area contributed by atoms with E-state index in [0.717, 1.165) is 0 Å². The molecule has 0 aliphatic heterocycles. The van der Waals surface area contributed by atoms with Gasteiger partial charge in [0, 0.05) is 12.4 Å². The predicted octanol–water partition coefficient (Wildman–Crippen LogP) is 3.57. The first kappa shape index (κ1) is 12.9. The molecule has 102 valence electrons. The van der Waals surface area contributed by atoms with Gasteiger partial charge in [0.25, 0.3) is 0 Å². The van der Waals surface area contributed by atoms with Crippen LogP contribution in [-0.4, -0.2) is 22.4 Å². The molecule has 0 saturated heterocycles. The van der Waals surface area contributed by atoms with Crippen LogP contribution in [0.15, 0.2) is 75.3 Å². The number of aromatic nitrogens is 2. The quantitative estimate of drug-likeness (QED) is 0.684. The van der Waals surface area contributed by atoms with Gasteiger partial charge in [-0.05, 0) is 36.4 Å². The van der Waals surface area contributed by atoms with E-state index >= 15 is 0 Å². The van der Waals surface area contributed by atoms with Crippen molar-refractivity contribution < 1.29 is 4.42 Å². The molecule has 0 aliphatic carbocycles. The number of furan rings is 1. The van der Waals surface area contributed by atoms with E-state index in [0.29, 0.717) is 23.2 Å². The maximum absolute atomic E-state index is 5.57. The van der Waals surface area contributed by atoms with E-state index in [4.69, 9.17) is 4.42 Å². The zero-order valence-corrected chi connectivity index (χ0v) is 11.1. The van der Waals surface area contributed by atoms with Crippen LogP contribution in [0.1, 0.15) is 11.5 Å².